The topological polar surface area (TPSA) is 92.9 Å². The Labute approximate surface area is 212 Å². The summed E-state index contributed by atoms with van der Waals surface area (Å²) >= 11 is 0. The highest BCUT2D eigenvalue weighted by atomic mass is 19.3. The van der Waals surface area contributed by atoms with Crippen molar-refractivity contribution >= 4 is 5.91 Å². The molecule has 4 heterocycles. The van der Waals surface area contributed by atoms with Gasteiger partial charge in [0.05, 0.1) is 44.4 Å². The lowest BCUT2D eigenvalue weighted by molar-refractivity contribution is -0.166. The second kappa shape index (κ2) is 10.3. The average Bonchev–Trinajstić information content (AvgIpc) is 3.57. The Morgan fingerprint density at radius 2 is 1.94 bits per heavy atom. The van der Waals surface area contributed by atoms with Crippen LogP contribution in [0, 0.1) is 23.2 Å². The van der Waals surface area contributed by atoms with Crippen molar-refractivity contribution in [2.45, 2.75) is 88.4 Å². The van der Waals surface area contributed by atoms with Crippen LogP contribution in [0.4, 0.5) is 8.78 Å². The molecule has 0 aromatic carbocycles. The third-order valence-electron chi connectivity index (χ3n) is 9.75. The maximum absolute atomic E-state index is 13.5. The van der Waals surface area contributed by atoms with Gasteiger partial charge in [0.2, 0.25) is 12.3 Å². The van der Waals surface area contributed by atoms with Crippen molar-refractivity contribution in [2.75, 3.05) is 40.0 Å². The number of ether oxygens (including phenoxy) is 1. The molecule has 0 spiro atoms. The second-order valence-electron chi connectivity index (χ2n) is 12.4. The summed E-state index contributed by atoms with van der Waals surface area (Å²) in [5.41, 5.74) is 6.81. The van der Waals surface area contributed by atoms with Crippen molar-refractivity contribution in [3.63, 3.8) is 0 Å². The zero-order valence-electron chi connectivity index (χ0n) is 21.4. The van der Waals surface area contributed by atoms with E-state index in [1.54, 1.807) is 0 Å². The van der Waals surface area contributed by atoms with Gasteiger partial charge in [0, 0.05) is 36.9 Å². The molecule has 6 unspecified atom stereocenters. The summed E-state index contributed by atoms with van der Waals surface area (Å²) in [5.74, 6) is 0.611. The van der Waals surface area contributed by atoms with Crippen LogP contribution in [0.3, 0.4) is 0 Å². The van der Waals surface area contributed by atoms with Crippen LogP contribution in [-0.2, 0) is 9.53 Å². The number of hydrazine groups is 1. The average molecular weight is 512 g/mol. The Hall–Kier alpha value is -0.950. The van der Waals surface area contributed by atoms with Crippen molar-refractivity contribution in [3.8, 4) is 0 Å². The Morgan fingerprint density at radius 1 is 1.14 bits per heavy atom. The first-order chi connectivity index (χ1) is 17.4. The lowest BCUT2D eigenvalue weighted by Crippen LogP contribution is -2.70. The number of amides is 1. The molecule has 0 radical (unpaired) electrons. The molecule has 0 bridgehead atoms. The van der Waals surface area contributed by atoms with E-state index < -0.39 is 12.3 Å². The minimum atomic E-state index is -2.26. The number of halogens is 2. The van der Waals surface area contributed by atoms with Crippen LogP contribution in [0.2, 0.25) is 0 Å². The van der Waals surface area contributed by atoms with E-state index >= 15 is 0 Å². The van der Waals surface area contributed by atoms with Crippen LogP contribution in [0.15, 0.2) is 0 Å². The van der Waals surface area contributed by atoms with Gasteiger partial charge in [-0.15, -0.1) is 0 Å². The molecule has 6 rings (SSSR count). The Bertz CT molecular complexity index is 792. The second-order valence-corrected chi connectivity index (χ2v) is 12.4. The molecule has 36 heavy (non-hydrogen) atoms. The molecule has 5 N–H and O–H groups in total. The molecule has 2 aliphatic carbocycles. The van der Waals surface area contributed by atoms with Gasteiger partial charge in [0.15, 0.2) is 0 Å². The van der Waals surface area contributed by atoms with Gasteiger partial charge in [-0.1, -0.05) is 6.42 Å². The molecule has 4 saturated heterocycles. The van der Waals surface area contributed by atoms with Crippen molar-refractivity contribution in [1.29, 1.82) is 0 Å². The molecule has 0 aromatic rings. The van der Waals surface area contributed by atoms with E-state index in [9.17, 15) is 13.6 Å². The largest absolute Gasteiger partial charge is 0.380 e. The van der Waals surface area contributed by atoms with E-state index in [2.05, 4.69) is 43.6 Å². The van der Waals surface area contributed by atoms with E-state index in [0.29, 0.717) is 37.5 Å². The van der Waals surface area contributed by atoms with E-state index in [-0.39, 0.29) is 35.7 Å². The molecule has 6 fully saturated rings. The van der Waals surface area contributed by atoms with E-state index in [1.165, 1.54) is 6.42 Å². The van der Waals surface area contributed by atoms with Crippen molar-refractivity contribution < 1.29 is 18.3 Å². The lowest BCUT2D eigenvalue weighted by atomic mass is 9.64. The van der Waals surface area contributed by atoms with Crippen LogP contribution in [0.1, 0.15) is 51.4 Å². The molecular formula is C25H43F2N7O2. The molecule has 2 saturated carbocycles. The molecule has 204 valence electrons. The fourth-order valence-corrected chi connectivity index (χ4v) is 7.10. The molecule has 6 atom stereocenters. The van der Waals surface area contributed by atoms with Crippen LogP contribution in [0.5, 0.6) is 0 Å². The van der Waals surface area contributed by atoms with Crippen LogP contribution >= 0.6 is 0 Å². The minimum absolute atomic E-state index is 0.0124. The van der Waals surface area contributed by atoms with Crippen LogP contribution in [-0.4, -0.2) is 92.7 Å². The number of carbonyl (C=O) groups is 1. The fourth-order valence-electron chi connectivity index (χ4n) is 7.10. The van der Waals surface area contributed by atoms with E-state index in [4.69, 9.17) is 4.74 Å². The van der Waals surface area contributed by atoms with Gasteiger partial charge in [-0.05, 0) is 57.4 Å². The number of nitrogens with zero attached hydrogens (tertiary/aromatic N) is 2. The van der Waals surface area contributed by atoms with E-state index in [0.717, 1.165) is 58.4 Å². The van der Waals surface area contributed by atoms with Crippen molar-refractivity contribution in [2.24, 2.45) is 23.2 Å². The predicted molar refractivity (Wildman–Crippen MR) is 130 cm³/mol. The maximum Gasteiger partial charge on any atom is 0.243 e. The number of carbonyl (C=O) groups excluding carboxylic acids is 1. The van der Waals surface area contributed by atoms with Gasteiger partial charge in [-0.2, -0.15) is 0 Å². The first-order valence-corrected chi connectivity index (χ1v) is 14.0. The number of nitrogens with one attached hydrogen (secondary N) is 5. The smallest absolute Gasteiger partial charge is 0.243 e. The lowest BCUT2D eigenvalue weighted by Gasteiger charge is -2.51. The third kappa shape index (κ3) is 5.17. The van der Waals surface area contributed by atoms with Crippen molar-refractivity contribution in [3.05, 3.63) is 0 Å². The number of hydrogen-bond donors (Lipinski definition) is 5. The summed E-state index contributed by atoms with van der Waals surface area (Å²) < 4.78 is 31.8. The minimum Gasteiger partial charge on any atom is -0.380 e. The molecule has 4 aliphatic heterocycles. The Balaban J connectivity index is 1.05. The quantitative estimate of drug-likeness (QED) is 0.324. The molecule has 6 aliphatic rings. The van der Waals surface area contributed by atoms with Gasteiger partial charge >= 0.3 is 0 Å². The summed E-state index contributed by atoms with van der Waals surface area (Å²) in [7, 11) is 2.14. The van der Waals surface area contributed by atoms with Gasteiger partial charge in [-0.3, -0.25) is 25.2 Å². The first-order valence-electron chi connectivity index (χ1n) is 14.0. The monoisotopic (exact) mass is 511 g/mol. The highest BCUT2D eigenvalue weighted by Gasteiger charge is 2.50. The standard InChI is InChI=1S/C25H43F2N7O2/c1-33-14-28-32-21(33)9-25(12-36-13-25)17-3-2-4-18(7-17)29-24(35)19-8-20(31-23(30-19)15-5-6-15)34-10-16(11-34)22(26)27/h15-23,28,30-32H,2-14H2,1H3,(H,29,35). The third-order valence-corrected chi connectivity index (χ3v) is 9.75. The first kappa shape index (κ1) is 25.3. The predicted octanol–water partition coefficient (Wildman–Crippen LogP) is 0.602. The zero-order valence-corrected chi connectivity index (χ0v) is 21.4. The summed E-state index contributed by atoms with van der Waals surface area (Å²) in [5, 5.41) is 10.6. The number of rotatable bonds is 8. The van der Waals surface area contributed by atoms with Crippen LogP contribution < -0.4 is 26.8 Å². The molecule has 11 heteroatoms. The Kier molecular flexibility index (Phi) is 7.26. The summed E-state index contributed by atoms with van der Waals surface area (Å²) in [6, 6.07) is -0.0981. The Morgan fingerprint density at radius 3 is 2.58 bits per heavy atom. The normalized spacial score (nSPS) is 40.1. The molecule has 1 amide bonds. The van der Waals surface area contributed by atoms with Gasteiger partial charge < -0.3 is 10.1 Å². The highest BCUT2D eigenvalue weighted by molar-refractivity contribution is 5.82. The zero-order chi connectivity index (χ0) is 24.9. The SMILES string of the molecule is CN1CNNC1CC1(C2CCCC(NC(=O)C3CC(N4CC(C(F)F)C4)NC(C4CC4)N3)C2)COC1. The highest BCUT2D eigenvalue weighted by Crippen LogP contribution is 2.47. The fraction of sp³-hybridized carbons (Fsp3) is 0.960. The number of alkyl halides is 2. The summed E-state index contributed by atoms with van der Waals surface area (Å²) in [4.78, 5) is 17.9. The summed E-state index contributed by atoms with van der Waals surface area (Å²) in [6.07, 6.45) is 6.44. The molecule has 9 nitrogen and oxygen atoms in total. The van der Waals surface area contributed by atoms with Gasteiger partial charge in [0.1, 0.15) is 0 Å². The van der Waals surface area contributed by atoms with Gasteiger partial charge in [-0.25, -0.2) is 19.6 Å². The molecule has 0 aromatic heterocycles. The van der Waals surface area contributed by atoms with Crippen molar-refractivity contribution in [1.82, 2.24) is 36.6 Å². The van der Waals surface area contributed by atoms with E-state index in [1.807, 2.05) is 0 Å². The van der Waals surface area contributed by atoms with Gasteiger partial charge in [0.25, 0.3) is 0 Å². The summed E-state index contributed by atoms with van der Waals surface area (Å²) in [6.45, 7) is 3.28. The number of likely N-dealkylation sites (tertiary alicyclic amines) is 1. The number of hydrogen-bond acceptors (Lipinski definition) is 8. The van der Waals surface area contributed by atoms with Crippen LogP contribution in [0.25, 0.3) is 0 Å². The molecular weight excluding hydrogens is 468 g/mol. The maximum atomic E-state index is 13.5.